The van der Waals surface area contributed by atoms with Crippen LogP contribution >= 0.6 is 0 Å². The maximum Gasteiger partial charge on any atom is 0.119 e. The van der Waals surface area contributed by atoms with Gasteiger partial charge in [-0.3, -0.25) is 0 Å². The summed E-state index contributed by atoms with van der Waals surface area (Å²) in [6.07, 6.45) is 19.4. The normalized spacial score (nSPS) is 11.8. The third-order valence-electron chi connectivity index (χ3n) is 7.34. The van der Waals surface area contributed by atoms with E-state index in [-0.39, 0.29) is 5.41 Å². The molecular weight excluding hydrogens is 400 g/mol. The first-order chi connectivity index (χ1) is 16.0. The van der Waals surface area contributed by atoms with Gasteiger partial charge in [-0.05, 0) is 48.4 Å². The molecule has 1 N–H and O–H groups in total. The van der Waals surface area contributed by atoms with Crippen molar-refractivity contribution in [2.75, 3.05) is 0 Å². The van der Waals surface area contributed by atoms with Crippen LogP contribution in [-0.2, 0) is 18.3 Å². The summed E-state index contributed by atoms with van der Waals surface area (Å²) < 4.78 is 0. The lowest BCUT2D eigenvalue weighted by Crippen LogP contribution is -2.22. The average Bonchev–Trinajstić information content (AvgIpc) is 2.82. The van der Waals surface area contributed by atoms with E-state index in [9.17, 15) is 5.11 Å². The Kier molecular flexibility index (Phi) is 12.7. The van der Waals surface area contributed by atoms with E-state index in [1.165, 1.54) is 100 Å². The van der Waals surface area contributed by atoms with E-state index >= 15 is 0 Å². The molecule has 184 valence electrons. The van der Waals surface area contributed by atoms with Gasteiger partial charge in [0.1, 0.15) is 5.75 Å². The SMILES string of the molecule is CCCCCCCCCc1c(CCCCCCCC)ccc(O)c1C(C)(C)c1ccccc1. The summed E-state index contributed by atoms with van der Waals surface area (Å²) in [4.78, 5) is 0. The molecule has 0 amide bonds. The second-order valence-corrected chi connectivity index (χ2v) is 10.5. The molecule has 0 heterocycles. The Morgan fingerprint density at radius 1 is 0.606 bits per heavy atom. The number of hydrogen-bond donors (Lipinski definition) is 1. The van der Waals surface area contributed by atoms with Gasteiger partial charge < -0.3 is 5.11 Å². The summed E-state index contributed by atoms with van der Waals surface area (Å²) in [5, 5.41) is 11.1. The minimum Gasteiger partial charge on any atom is -0.508 e. The van der Waals surface area contributed by atoms with Crippen molar-refractivity contribution in [3.63, 3.8) is 0 Å². The van der Waals surface area contributed by atoms with Gasteiger partial charge >= 0.3 is 0 Å². The van der Waals surface area contributed by atoms with Crippen LogP contribution in [0.2, 0.25) is 0 Å². The number of unbranched alkanes of at least 4 members (excludes halogenated alkanes) is 11. The van der Waals surface area contributed by atoms with E-state index in [1.54, 1.807) is 0 Å². The van der Waals surface area contributed by atoms with Crippen LogP contribution < -0.4 is 0 Å². The van der Waals surface area contributed by atoms with Crippen LogP contribution in [-0.4, -0.2) is 5.11 Å². The van der Waals surface area contributed by atoms with Crippen molar-refractivity contribution >= 4 is 0 Å². The third kappa shape index (κ3) is 8.84. The standard InChI is InChI=1S/C32H50O/c1-5-7-9-11-13-15-20-24-29-27(21-17-14-12-10-8-6-2)25-26-30(33)31(29)32(3,4)28-22-18-16-19-23-28/h16,18-19,22-23,25-26,33H,5-15,17,20-21,24H2,1-4H3. The highest BCUT2D eigenvalue weighted by Gasteiger charge is 2.30. The highest BCUT2D eigenvalue weighted by molar-refractivity contribution is 5.53. The molecule has 0 aliphatic rings. The van der Waals surface area contributed by atoms with Crippen molar-refractivity contribution in [3.05, 3.63) is 64.7 Å². The largest absolute Gasteiger partial charge is 0.508 e. The van der Waals surface area contributed by atoms with Gasteiger partial charge in [-0.25, -0.2) is 0 Å². The van der Waals surface area contributed by atoms with Crippen LogP contribution in [0.25, 0.3) is 0 Å². The Bertz CT molecular complexity index is 775. The van der Waals surface area contributed by atoms with Crippen molar-refractivity contribution in [2.45, 2.75) is 129 Å². The summed E-state index contributed by atoms with van der Waals surface area (Å²) in [6, 6.07) is 14.9. The van der Waals surface area contributed by atoms with Crippen LogP contribution in [0.3, 0.4) is 0 Å². The molecule has 2 rings (SSSR count). The molecule has 0 unspecified atom stereocenters. The zero-order valence-electron chi connectivity index (χ0n) is 22.1. The molecule has 0 atom stereocenters. The zero-order chi connectivity index (χ0) is 23.9. The number of aryl methyl sites for hydroxylation is 1. The predicted molar refractivity (Wildman–Crippen MR) is 145 cm³/mol. The second-order valence-electron chi connectivity index (χ2n) is 10.5. The van der Waals surface area contributed by atoms with Crippen LogP contribution in [0.15, 0.2) is 42.5 Å². The van der Waals surface area contributed by atoms with Gasteiger partial charge in [0.2, 0.25) is 0 Å². The van der Waals surface area contributed by atoms with Crippen molar-refractivity contribution < 1.29 is 5.11 Å². The van der Waals surface area contributed by atoms with E-state index in [2.05, 4.69) is 64.1 Å². The molecule has 0 bridgehead atoms. The van der Waals surface area contributed by atoms with Gasteiger partial charge in [-0.2, -0.15) is 0 Å². The molecule has 1 nitrogen and oxygen atoms in total. The minimum absolute atomic E-state index is 0.209. The molecule has 33 heavy (non-hydrogen) atoms. The topological polar surface area (TPSA) is 20.2 Å². The van der Waals surface area contributed by atoms with Crippen molar-refractivity contribution in [1.29, 1.82) is 0 Å². The fourth-order valence-electron chi connectivity index (χ4n) is 5.25. The molecular formula is C32H50O. The van der Waals surface area contributed by atoms with Crippen molar-refractivity contribution in [3.8, 4) is 5.75 Å². The van der Waals surface area contributed by atoms with Crippen LogP contribution in [0.5, 0.6) is 5.75 Å². The van der Waals surface area contributed by atoms with Gasteiger partial charge in [0, 0.05) is 11.0 Å². The summed E-state index contributed by atoms with van der Waals surface area (Å²) in [7, 11) is 0. The first kappa shape index (κ1) is 27.5. The summed E-state index contributed by atoms with van der Waals surface area (Å²) >= 11 is 0. The van der Waals surface area contributed by atoms with Crippen molar-refractivity contribution in [1.82, 2.24) is 0 Å². The monoisotopic (exact) mass is 450 g/mol. The van der Waals surface area contributed by atoms with Gasteiger partial charge in [-0.15, -0.1) is 0 Å². The number of rotatable bonds is 17. The lowest BCUT2D eigenvalue weighted by molar-refractivity contribution is 0.449. The second kappa shape index (κ2) is 15.2. The molecule has 0 fully saturated rings. The zero-order valence-corrected chi connectivity index (χ0v) is 22.1. The lowest BCUT2D eigenvalue weighted by atomic mass is 9.73. The summed E-state index contributed by atoms with van der Waals surface area (Å²) in [6.45, 7) is 9.12. The Balaban J connectivity index is 2.19. The number of aromatic hydroxyl groups is 1. The molecule has 0 aliphatic heterocycles. The Morgan fingerprint density at radius 2 is 1.12 bits per heavy atom. The van der Waals surface area contributed by atoms with Gasteiger partial charge in [-0.1, -0.05) is 135 Å². The highest BCUT2D eigenvalue weighted by atomic mass is 16.3. The molecule has 0 aromatic heterocycles. The van der Waals surface area contributed by atoms with Crippen LogP contribution in [0.1, 0.15) is 133 Å². The maximum absolute atomic E-state index is 11.1. The molecule has 0 saturated carbocycles. The first-order valence-corrected chi connectivity index (χ1v) is 13.9. The summed E-state index contributed by atoms with van der Waals surface area (Å²) in [5.41, 5.74) is 5.11. The highest BCUT2D eigenvalue weighted by Crippen LogP contribution is 2.41. The van der Waals surface area contributed by atoms with Gasteiger partial charge in [0.15, 0.2) is 0 Å². The number of phenols is 1. The quantitative estimate of drug-likeness (QED) is 0.238. The smallest absolute Gasteiger partial charge is 0.119 e. The van der Waals surface area contributed by atoms with E-state index < -0.39 is 0 Å². The molecule has 2 aromatic rings. The Labute approximate surface area is 205 Å². The van der Waals surface area contributed by atoms with E-state index in [0.717, 1.165) is 18.4 Å². The minimum atomic E-state index is -0.209. The maximum atomic E-state index is 11.1. The molecule has 0 radical (unpaired) electrons. The van der Waals surface area contributed by atoms with Crippen molar-refractivity contribution in [2.24, 2.45) is 0 Å². The molecule has 2 aromatic carbocycles. The Hall–Kier alpha value is -1.76. The van der Waals surface area contributed by atoms with E-state index in [0.29, 0.717) is 5.75 Å². The van der Waals surface area contributed by atoms with Gasteiger partial charge in [0.25, 0.3) is 0 Å². The first-order valence-electron chi connectivity index (χ1n) is 13.9. The average molecular weight is 451 g/mol. The Morgan fingerprint density at radius 3 is 1.70 bits per heavy atom. The van der Waals surface area contributed by atoms with E-state index in [4.69, 9.17) is 0 Å². The fraction of sp³-hybridized carbons (Fsp3) is 0.625. The molecule has 0 spiro atoms. The van der Waals surface area contributed by atoms with Crippen LogP contribution in [0, 0.1) is 0 Å². The molecule has 0 saturated heterocycles. The van der Waals surface area contributed by atoms with E-state index in [1.807, 2.05) is 6.07 Å². The fourth-order valence-corrected chi connectivity index (χ4v) is 5.25. The van der Waals surface area contributed by atoms with Gasteiger partial charge in [0.05, 0.1) is 0 Å². The lowest BCUT2D eigenvalue weighted by Gasteiger charge is -2.31. The number of phenolic OH excluding ortho intramolecular Hbond substituents is 1. The summed E-state index contributed by atoms with van der Waals surface area (Å²) in [5.74, 6) is 0.466. The third-order valence-corrected chi connectivity index (χ3v) is 7.34. The number of hydrogen-bond acceptors (Lipinski definition) is 1. The van der Waals surface area contributed by atoms with Crippen LogP contribution in [0.4, 0.5) is 0 Å². The molecule has 0 aliphatic carbocycles. The molecule has 1 heteroatoms. The number of benzene rings is 2. The predicted octanol–water partition coefficient (Wildman–Crippen LogP) is 9.91.